The van der Waals surface area contributed by atoms with Crippen LogP contribution < -0.4 is 5.32 Å². The van der Waals surface area contributed by atoms with E-state index >= 15 is 0 Å². The van der Waals surface area contributed by atoms with E-state index < -0.39 is 6.43 Å². The molecule has 0 radical (unpaired) electrons. The molecule has 3 heterocycles. The quantitative estimate of drug-likeness (QED) is 0.906. The number of hydrogen-bond donors (Lipinski definition) is 1. The summed E-state index contributed by atoms with van der Waals surface area (Å²) >= 11 is 0. The van der Waals surface area contributed by atoms with Crippen LogP contribution >= 0.6 is 0 Å². The van der Waals surface area contributed by atoms with Crippen molar-refractivity contribution in [3.05, 3.63) is 70.6 Å². The second kappa shape index (κ2) is 7.03. The van der Waals surface area contributed by atoms with Gasteiger partial charge in [-0.3, -0.25) is 9.58 Å². The van der Waals surface area contributed by atoms with E-state index in [0.717, 1.165) is 49.7 Å². The van der Waals surface area contributed by atoms with Crippen molar-refractivity contribution in [3.8, 4) is 0 Å². The molecule has 0 amide bonds. The maximum absolute atomic E-state index is 12.7. The Labute approximate surface area is 151 Å². The van der Waals surface area contributed by atoms with Gasteiger partial charge >= 0.3 is 0 Å². The zero-order valence-electron chi connectivity index (χ0n) is 14.8. The third kappa shape index (κ3) is 3.42. The molecule has 1 aromatic carbocycles. The molecule has 26 heavy (non-hydrogen) atoms. The molecule has 2 aliphatic rings. The van der Waals surface area contributed by atoms with Gasteiger partial charge in [0.25, 0.3) is 6.43 Å². The van der Waals surface area contributed by atoms with Crippen molar-refractivity contribution in [2.45, 2.75) is 33.0 Å². The minimum absolute atomic E-state index is 0.0767. The lowest BCUT2D eigenvalue weighted by Gasteiger charge is -2.27. The number of nitrogens with zero attached hydrogens (tertiary/aromatic N) is 3. The fourth-order valence-corrected chi connectivity index (χ4v) is 3.52. The van der Waals surface area contributed by atoms with Gasteiger partial charge in [0.15, 0.2) is 0 Å². The van der Waals surface area contributed by atoms with E-state index in [2.05, 4.69) is 40.0 Å². The first kappa shape index (κ1) is 17.0. The SMILES string of the molecule is CC1=C(c2cc3n(n2)CCN(Cc2ccc(C(F)F)cc2)C3)NCC=C1. The molecular formula is C20H22F2N4. The Morgan fingerprint density at radius 2 is 2.00 bits per heavy atom. The normalized spacial score (nSPS) is 17.5. The van der Waals surface area contributed by atoms with E-state index in [-0.39, 0.29) is 5.56 Å². The molecule has 136 valence electrons. The van der Waals surface area contributed by atoms with E-state index in [4.69, 9.17) is 5.10 Å². The zero-order chi connectivity index (χ0) is 18.1. The third-order valence-electron chi connectivity index (χ3n) is 4.93. The Hall–Kier alpha value is -2.47. The summed E-state index contributed by atoms with van der Waals surface area (Å²) in [5, 5.41) is 8.15. The van der Waals surface area contributed by atoms with Gasteiger partial charge in [-0.1, -0.05) is 36.4 Å². The molecule has 4 rings (SSSR count). The van der Waals surface area contributed by atoms with Crippen molar-refractivity contribution in [1.82, 2.24) is 20.0 Å². The standard InChI is InChI=1S/C20H22F2N4/c1-14-3-2-8-23-19(14)18-11-17-13-25(9-10-26(17)24-18)12-15-4-6-16(7-5-15)20(21)22/h2-7,11,20,23H,8-10,12-13H2,1H3. The highest BCUT2D eigenvalue weighted by atomic mass is 19.3. The number of halogens is 2. The largest absolute Gasteiger partial charge is 0.380 e. The molecule has 0 aliphatic carbocycles. The van der Waals surface area contributed by atoms with Gasteiger partial charge in [-0.25, -0.2) is 8.78 Å². The summed E-state index contributed by atoms with van der Waals surface area (Å²) in [5.41, 5.74) is 5.61. The summed E-state index contributed by atoms with van der Waals surface area (Å²) in [4.78, 5) is 2.33. The van der Waals surface area contributed by atoms with Gasteiger partial charge in [0, 0.05) is 31.7 Å². The Morgan fingerprint density at radius 3 is 2.73 bits per heavy atom. The van der Waals surface area contributed by atoms with Crippen molar-refractivity contribution in [2.75, 3.05) is 13.1 Å². The molecular weight excluding hydrogens is 334 g/mol. The lowest BCUT2D eigenvalue weighted by molar-refractivity contribution is 0.151. The second-order valence-corrected chi connectivity index (χ2v) is 6.84. The van der Waals surface area contributed by atoms with Crippen LogP contribution in [0.25, 0.3) is 5.70 Å². The molecule has 0 spiro atoms. The highest BCUT2D eigenvalue weighted by molar-refractivity contribution is 5.68. The van der Waals surface area contributed by atoms with Crippen LogP contribution in [0.4, 0.5) is 8.78 Å². The minimum atomic E-state index is -2.41. The van der Waals surface area contributed by atoms with Crippen LogP contribution in [0, 0.1) is 0 Å². The van der Waals surface area contributed by atoms with Gasteiger partial charge < -0.3 is 5.32 Å². The fourth-order valence-electron chi connectivity index (χ4n) is 3.52. The number of fused-ring (bicyclic) bond motifs is 1. The van der Waals surface area contributed by atoms with E-state index in [1.54, 1.807) is 12.1 Å². The summed E-state index contributed by atoms with van der Waals surface area (Å²) in [5.74, 6) is 0. The number of rotatable bonds is 4. The summed E-state index contributed by atoms with van der Waals surface area (Å²) in [6, 6.07) is 8.78. The van der Waals surface area contributed by atoms with Crippen molar-refractivity contribution < 1.29 is 8.78 Å². The lowest BCUT2D eigenvalue weighted by Crippen LogP contribution is -2.33. The highest BCUT2D eigenvalue weighted by Gasteiger charge is 2.21. The average molecular weight is 356 g/mol. The topological polar surface area (TPSA) is 33.1 Å². The first-order valence-corrected chi connectivity index (χ1v) is 8.88. The first-order chi connectivity index (χ1) is 12.6. The maximum atomic E-state index is 12.7. The molecule has 1 N–H and O–H groups in total. The molecule has 0 atom stereocenters. The predicted octanol–water partition coefficient (Wildman–Crippen LogP) is 3.73. The highest BCUT2D eigenvalue weighted by Crippen LogP contribution is 2.23. The molecule has 4 nitrogen and oxygen atoms in total. The number of aromatic nitrogens is 2. The van der Waals surface area contributed by atoms with Gasteiger partial charge in [0.2, 0.25) is 0 Å². The number of alkyl halides is 2. The second-order valence-electron chi connectivity index (χ2n) is 6.84. The van der Waals surface area contributed by atoms with E-state index in [1.807, 2.05) is 0 Å². The van der Waals surface area contributed by atoms with Crippen LogP contribution in [0.1, 0.15) is 35.9 Å². The Balaban J connectivity index is 1.47. The zero-order valence-corrected chi connectivity index (χ0v) is 14.8. The van der Waals surface area contributed by atoms with E-state index in [1.165, 1.54) is 23.4 Å². The summed E-state index contributed by atoms with van der Waals surface area (Å²) < 4.78 is 27.4. The van der Waals surface area contributed by atoms with Gasteiger partial charge in [0.05, 0.1) is 17.9 Å². The summed E-state index contributed by atoms with van der Waals surface area (Å²) in [6.07, 6.45) is 1.82. The molecule has 0 fully saturated rings. The van der Waals surface area contributed by atoms with Crippen LogP contribution in [-0.4, -0.2) is 27.8 Å². The van der Waals surface area contributed by atoms with Crippen LogP contribution in [0.5, 0.6) is 0 Å². The molecule has 0 bridgehead atoms. The molecule has 0 unspecified atom stereocenters. The van der Waals surface area contributed by atoms with Crippen LogP contribution in [0.3, 0.4) is 0 Å². The number of dihydropyridines is 1. The summed E-state index contributed by atoms with van der Waals surface area (Å²) in [7, 11) is 0. The average Bonchev–Trinajstić information content (AvgIpc) is 3.05. The van der Waals surface area contributed by atoms with Crippen molar-refractivity contribution in [1.29, 1.82) is 0 Å². The predicted molar refractivity (Wildman–Crippen MR) is 97.5 cm³/mol. The van der Waals surface area contributed by atoms with E-state index in [9.17, 15) is 8.78 Å². The lowest BCUT2D eigenvalue weighted by atomic mass is 10.1. The van der Waals surface area contributed by atoms with Crippen molar-refractivity contribution >= 4 is 5.70 Å². The van der Waals surface area contributed by atoms with E-state index in [0.29, 0.717) is 0 Å². The molecule has 2 aliphatic heterocycles. The number of allylic oxidation sites excluding steroid dienone is 2. The summed E-state index contributed by atoms with van der Waals surface area (Å²) in [6.45, 7) is 6.22. The molecule has 2 aromatic rings. The van der Waals surface area contributed by atoms with Gasteiger partial charge in [-0.05, 0) is 24.1 Å². The van der Waals surface area contributed by atoms with Crippen molar-refractivity contribution in [3.63, 3.8) is 0 Å². The maximum Gasteiger partial charge on any atom is 0.263 e. The molecule has 1 aromatic heterocycles. The molecule has 0 saturated heterocycles. The first-order valence-electron chi connectivity index (χ1n) is 8.88. The molecule has 6 heteroatoms. The molecule has 0 saturated carbocycles. The van der Waals surface area contributed by atoms with Crippen LogP contribution in [0.15, 0.2) is 48.1 Å². The van der Waals surface area contributed by atoms with Gasteiger partial charge in [-0.2, -0.15) is 5.10 Å². The minimum Gasteiger partial charge on any atom is -0.380 e. The Kier molecular flexibility index (Phi) is 4.59. The van der Waals surface area contributed by atoms with Crippen LogP contribution in [0.2, 0.25) is 0 Å². The number of benzene rings is 1. The Morgan fingerprint density at radius 1 is 1.19 bits per heavy atom. The number of hydrogen-bond acceptors (Lipinski definition) is 3. The van der Waals surface area contributed by atoms with Gasteiger partial charge in [-0.15, -0.1) is 0 Å². The Bertz CT molecular complexity index is 849. The number of nitrogens with one attached hydrogen (secondary N) is 1. The van der Waals surface area contributed by atoms with Gasteiger partial charge in [0.1, 0.15) is 5.69 Å². The monoisotopic (exact) mass is 356 g/mol. The van der Waals surface area contributed by atoms with Crippen LogP contribution in [-0.2, 0) is 19.6 Å². The third-order valence-corrected chi connectivity index (χ3v) is 4.93. The fraction of sp³-hybridized carbons (Fsp3) is 0.350. The smallest absolute Gasteiger partial charge is 0.263 e. The van der Waals surface area contributed by atoms with Crippen molar-refractivity contribution in [2.24, 2.45) is 0 Å².